The van der Waals surface area contributed by atoms with Crippen LogP contribution >= 0.6 is 0 Å². The molecule has 1 atom stereocenters. The standard InChI is InChI=1S/C19H27N5O4S/c1-5-8-23-17(20-21-22-23)12-28-19(25)16-7-6-9-24(16)29(26,27)18-14(3)10-13(2)11-15(18)4/h10-11,16H,5-9,12H2,1-4H3. The monoisotopic (exact) mass is 421 g/mol. The Morgan fingerprint density at radius 3 is 2.59 bits per heavy atom. The second-order valence-corrected chi connectivity index (χ2v) is 9.25. The molecule has 9 nitrogen and oxygen atoms in total. The average Bonchev–Trinajstić information content (AvgIpc) is 3.28. The van der Waals surface area contributed by atoms with Gasteiger partial charge in [-0.15, -0.1) is 5.10 Å². The predicted octanol–water partition coefficient (Wildman–Crippen LogP) is 1.90. The number of rotatable bonds is 7. The molecule has 158 valence electrons. The highest BCUT2D eigenvalue weighted by molar-refractivity contribution is 7.89. The van der Waals surface area contributed by atoms with Gasteiger partial charge < -0.3 is 4.74 Å². The molecular formula is C19H27N5O4S. The van der Waals surface area contributed by atoms with Crippen molar-refractivity contribution < 1.29 is 17.9 Å². The first kappa shape index (κ1) is 21.4. The van der Waals surface area contributed by atoms with Crippen LogP contribution in [0.2, 0.25) is 0 Å². The average molecular weight is 422 g/mol. The molecule has 10 heteroatoms. The number of aryl methyl sites for hydroxylation is 4. The van der Waals surface area contributed by atoms with E-state index in [1.54, 1.807) is 18.5 Å². The van der Waals surface area contributed by atoms with Crippen molar-refractivity contribution in [1.82, 2.24) is 24.5 Å². The predicted molar refractivity (Wildman–Crippen MR) is 105 cm³/mol. The lowest BCUT2D eigenvalue weighted by Gasteiger charge is -2.24. The van der Waals surface area contributed by atoms with Gasteiger partial charge in [-0.05, 0) is 61.6 Å². The zero-order chi connectivity index (χ0) is 21.2. The van der Waals surface area contributed by atoms with Crippen LogP contribution in [0, 0.1) is 20.8 Å². The van der Waals surface area contributed by atoms with Crippen molar-refractivity contribution in [1.29, 1.82) is 0 Å². The van der Waals surface area contributed by atoms with Gasteiger partial charge in [-0.3, -0.25) is 4.79 Å². The molecule has 1 fully saturated rings. The maximum atomic E-state index is 13.4. The lowest BCUT2D eigenvalue weighted by atomic mass is 10.1. The fraction of sp³-hybridized carbons (Fsp3) is 0.579. The van der Waals surface area contributed by atoms with E-state index >= 15 is 0 Å². The summed E-state index contributed by atoms with van der Waals surface area (Å²) in [5, 5.41) is 11.3. The zero-order valence-corrected chi connectivity index (χ0v) is 18.1. The minimum absolute atomic E-state index is 0.0845. The van der Waals surface area contributed by atoms with Crippen molar-refractivity contribution in [3.05, 3.63) is 34.6 Å². The van der Waals surface area contributed by atoms with Gasteiger partial charge in [-0.1, -0.05) is 24.6 Å². The van der Waals surface area contributed by atoms with Crippen LogP contribution < -0.4 is 0 Å². The van der Waals surface area contributed by atoms with Crippen molar-refractivity contribution >= 4 is 16.0 Å². The molecule has 0 aliphatic carbocycles. The summed E-state index contributed by atoms with van der Waals surface area (Å²) in [5.74, 6) is -0.127. The Morgan fingerprint density at radius 2 is 1.93 bits per heavy atom. The lowest BCUT2D eigenvalue weighted by molar-refractivity contribution is -0.149. The van der Waals surface area contributed by atoms with Crippen molar-refractivity contribution in [2.75, 3.05) is 6.54 Å². The Bertz CT molecular complexity index is 979. The molecule has 0 bridgehead atoms. The highest BCUT2D eigenvalue weighted by atomic mass is 32.2. The van der Waals surface area contributed by atoms with E-state index in [9.17, 15) is 13.2 Å². The third kappa shape index (κ3) is 4.32. The third-order valence-electron chi connectivity index (χ3n) is 5.03. The zero-order valence-electron chi connectivity index (χ0n) is 17.3. The Kier molecular flexibility index (Phi) is 6.33. The van der Waals surface area contributed by atoms with Crippen molar-refractivity contribution in [3.63, 3.8) is 0 Å². The van der Waals surface area contributed by atoms with Crippen LogP contribution in [-0.4, -0.2) is 51.5 Å². The van der Waals surface area contributed by atoms with E-state index in [0.717, 1.165) is 12.0 Å². The van der Waals surface area contributed by atoms with Crippen LogP contribution in [0.4, 0.5) is 0 Å². The van der Waals surface area contributed by atoms with Crippen LogP contribution in [0.3, 0.4) is 0 Å². The summed E-state index contributed by atoms with van der Waals surface area (Å²) >= 11 is 0. The molecule has 2 aromatic rings. The lowest BCUT2D eigenvalue weighted by Crippen LogP contribution is -2.41. The van der Waals surface area contributed by atoms with Gasteiger partial charge >= 0.3 is 5.97 Å². The van der Waals surface area contributed by atoms with Crippen molar-refractivity contribution in [2.45, 2.75) is 71.0 Å². The van der Waals surface area contributed by atoms with Gasteiger partial charge in [0.15, 0.2) is 12.4 Å². The molecule has 3 rings (SSSR count). The molecule has 1 aliphatic rings. The van der Waals surface area contributed by atoms with E-state index in [-0.39, 0.29) is 11.5 Å². The first-order valence-electron chi connectivity index (χ1n) is 9.77. The summed E-state index contributed by atoms with van der Waals surface area (Å²) in [6.45, 7) is 8.32. The maximum Gasteiger partial charge on any atom is 0.324 e. The van der Waals surface area contributed by atoms with Gasteiger partial charge in [0.2, 0.25) is 10.0 Å². The molecule has 1 aromatic heterocycles. The fourth-order valence-corrected chi connectivity index (χ4v) is 5.96. The molecule has 29 heavy (non-hydrogen) atoms. The van der Waals surface area contributed by atoms with E-state index in [4.69, 9.17) is 4.74 Å². The molecule has 0 saturated carbocycles. The van der Waals surface area contributed by atoms with Gasteiger partial charge in [-0.25, -0.2) is 13.1 Å². The minimum atomic E-state index is -3.81. The number of carbonyl (C=O) groups excluding carboxylic acids is 1. The number of nitrogens with zero attached hydrogens (tertiary/aromatic N) is 5. The number of hydrogen-bond acceptors (Lipinski definition) is 7. The smallest absolute Gasteiger partial charge is 0.324 e. The number of carbonyl (C=O) groups is 1. The summed E-state index contributed by atoms with van der Waals surface area (Å²) in [6.07, 6.45) is 1.88. The van der Waals surface area contributed by atoms with E-state index < -0.39 is 22.0 Å². The van der Waals surface area contributed by atoms with Crippen LogP contribution in [-0.2, 0) is 32.7 Å². The number of hydrogen-bond donors (Lipinski definition) is 0. The molecule has 0 amide bonds. The van der Waals surface area contributed by atoms with Crippen LogP contribution in [0.15, 0.2) is 17.0 Å². The minimum Gasteiger partial charge on any atom is -0.456 e. The van der Waals surface area contributed by atoms with Crippen LogP contribution in [0.25, 0.3) is 0 Å². The van der Waals surface area contributed by atoms with Gasteiger partial charge in [0.1, 0.15) is 6.04 Å². The summed E-state index contributed by atoms with van der Waals surface area (Å²) in [4.78, 5) is 13.0. The SMILES string of the molecule is CCCn1nnnc1COC(=O)C1CCCN1S(=O)(=O)c1c(C)cc(C)cc1C. The largest absolute Gasteiger partial charge is 0.456 e. The number of aromatic nitrogens is 4. The van der Waals surface area contributed by atoms with Crippen LogP contribution in [0.5, 0.6) is 0 Å². The third-order valence-corrected chi connectivity index (χ3v) is 7.25. The van der Waals surface area contributed by atoms with Gasteiger partial charge in [0.25, 0.3) is 0 Å². The highest BCUT2D eigenvalue weighted by Crippen LogP contribution is 2.31. The van der Waals surface area contributed by atoms with E-state index in [1.807, 2.05) is 26.0 Å². The van der Waals surface area contributed by atoms with Gasteiger partial charge in [-0.2, -0.15) is 4.31 Å². The molecule has 1 aromatic carbocycles. The Labute approximate surface area is 171 Å². The Hall–Kier alpha value is -2.33. The van der Waals surface area contributed by atoms with E-state index in [0.29, 0.717) is 42.9 Å². The molecule has 0 N–H and O–H groups in total. The molecule has 0 radical (unpaired) electrons. The van der Waals surface area contributed by atoms with E-state index in [1.165, 1.54) is 4.31 Å². The molecule has 0 spiro atoms. The topological polar surface area (TPSA) is 107 Å². The Balaban J connectivity index is 1.79. The molecule has 1 saturated heterocycles. The molecule has 1 unspecified atom stereocenters. The fourth-order valence-electron chi connectivity index (χ4n) is 3.90. The first-order valence-corrected chi connectivity index (χ1v) is 11.2. The number of tetrazole rings is 1. The van der Waals surface area contributed by atoms with Crippen LogP contribution in [0.1, 0.15) is 48.7 Å². The number of esters is 1. The maximum absolute atomic E-state index is 13.4. The highest BCUT2D eigenvalue weighted by Gasteiger charge is 2.41. The van der Waals surface area contributed by atoms with Crippen molar-refractivity contribution in [3.8, 4) is 0 Å². The number of sulfonamides is 1. The summed E-state index contributed by atoms with van der Waals surface area (Å²) in [5.41, 5.74) is 2.36. The number of ether oxygens (including phenoxy) is 1. The van der Waals surface area contributed by atoms with Gasteiger partial charge in [0.05, 0.1) is 4.90 Å². The second-order valence-electron chi connectivity index (χ2n) is 7.43. The molecule has 1 aliphatic heterocycles. The number of benzene rings is 1. The quantitative estimate of drug-likeness (QED) is 0.628. The first-order chi connectivity index (χ1) is 13.8. The summed E-state index contributed by atoms with van der Waals surface area (Å²) in [6, 6.07) is 2.85. The normalized spacial score (nSPS) is 17.6. The summed E-state index contributed by atoms with van der Waals surface area (Å²) in [7, 11) is -3.81. The molecule has 2 heterocycles. The van der Waals surface area contributed by atoms with E-state index in [2.05, 4.69) is 15.5 Å². The second kappa shape index (κ2) is 8.58. The van der Waals surface area contributed by atoms with Gasteiger partial charge in [0, 0.05) is 13.1 Å². The van der Waals surface area contributed by atoms with Crippen molar-refractivity contribution in [2.24, 2.45) is 0 Å². The Morgan fingerprint density at radius 1 is 1.24 bits per heavy atom. The molecular weight excluding hydrogens is 394 g/mol. The summed E-state index contributed by atoms with van der Waals surface area (Å²) < 4.78 is 35.0.